The van der Waals surface area contributed by atoms with E-state index < -0.39 is 8.32 Å². The van der Waals surface area contributed by atoms with Gasteiger partial charge in [0.1, 0.15) is 6.29 Å². The largest absolute Gasteiger partial charge is 0.414 e. The predicted molar refractivity (Wildman–Crippen MR) is 95.4 cm³/mol. The molecule has 0 aromatic rings. The fraction of sp³-hybridized carbons (Fsp3) is 0.944. The third-order valence-corrected chi connectivity index (χ3v) is 9.29. The number of rotatable bonds is 12. The Bertz CT molecular complexity index is 269. The van der Waals surface area contributed by atoms with Crippen LogP contribution in [-0.2, 0) is 9.22 Å². The summed E-state index contributed by atoms with van der Waals surface area (Å²) in [5.74, 6) is 0. The van der Waals surface area contributed by atoms with Crippen LogP contribution < -0.4 is 0 Å². The second-order valence-corrected chi connectivity index (χ2v) is 12.6. The highest BCUT2D eigenvalue weighted by molar-refractivity contribution is 6.74. The topological polar surface area (TPSA) is 26.3 Å². The maximum atomic E-state index is 10.9. The SMILES string of the molecule is CCCCCCCCC[C@@H](CC=O)O[Si](C)(C)C(C)(C)C. The molecular weight excluding hydrogens is 276 g/mol. The average Bonchev–Trinajstić information content (AvgIpc) is 2.36. The van der Waals surface area contributed by atoms with Crippen LogP contribution in [0.4, 0.5) is 0 Å². The number of carbonyl (C=O) groups is 1. The molecule has 0 N–H and O–H groups in total. The van der Waals surface area contributed by atoms with Crippen LogP contribution in [0.5, 0.6) is 0 Å². The van der Waals surface area contributed by atoms with Crippen molar-refractivity contribution >= 4 is 14.6 Å². The van der Waals surface area contributed by atoms with Crippen molar-refractivity contribution in [3.63, 3.8) is 0 Å². The molecule has 0 spiro atoms. The summed E-state index contributed by atoms with van der Waals surface area (Å²) in [6, 6.07) is 0. The molecule has 0 bridgehead atoms. The number of hydrogen-bond donors (Lipinski definition) is 0. The first kappa shape index (κ1) is 20.8. The van der Waals surface area contributed by atoms with Crippen LogP contribution >= 0.6 is 0 Å². The van der Waals surface area contributed by atoms with Crippen molar-refractivity contribution in [1.29, 1.82) is 0 Å². The average molecular weight is 315 g/mol. The van der Waals surface area contributed by atoms with E-state index in [1.165, 1.54) is 44.9 Å². The van der Waals surface area contributed by atoms with Crippen LogP contribution in [-0.4, -0.2) is 20.7 Å². The van der Waals surface area contributed by atoms with E-state index in [0.29, 0.717) is 6.42 Å². The third-order valence-electron chi connectivity index (χ3n) is 4.76. The van der Waals surface area contributed by atoms with Crippen molar-refractivity contribution in [2.75, 3.05) is 0 Å². The molecule has 21 heavy (non-hydrogen) atoms. The molecule has 1 atom stereocenters. The van der Waals surface area contributed by atoms with Gasteiger partial charge in [0, 0.05) is 6.42 Å². The van der Waals surface area contributed by atoms with Crippen molar-refractivity contribution in [3.8, 4) is 0 Å². The van der Waals surface area contributed by atoms with Gasteiger partial charge in [0.15, 0.2) is 8.32 Å². The zero-order valence-corrected chi connectivity index (χ0v) is 16.3. The van der Waals surface area contributed by atoms with Gasteiger partial charge in [-0.1, -0.05) is 72.6 Å². The van der Waals surface area contributed by atoms with E-state index >= 15 is 0 Å². The molecule has 0 aromatic heterocycles. The second-order valence-electron chi connectivity index (χ2n) is 7.81. The third kappa shape index (κ3) is 9.46. The van der Waals surface area contributed by atoms with Crippen molar-refractivity contribution in [1.82, 2.24) is 0 Å². The van der Waals surface area contributed by atoms with Gasteiger partial charge >= 0.3 is 0 Å². The Morgan fingerprint density at radius 2 is 1.52 bits per heavy atom. The van der Waals surface area contributed by atoms with Gasteiger partial charge < -0.3 is 9.22 Å². The minimum atomic E-state index is -1.75. The molecule has 3 heteroatoms. The zero-order valence-electron chi connectivity index (χ0n) is 15.3. The van der Waals surface area contributed by atoms with Gasteiger partial charge in [0.25, 0.3) is 0 Å². The highest BCUT2D eigenvalue weighted by Crippen LogP contribution is 2.38. The molecule has 0 aliphatic heterocycles. The summed E-state index contributed by atoms with van der Waals surface area (Å²) in [7, 11) is -1.75. The molecule has 0 saturated heterocycles. The van der Waals surface area contributed by atoms with Gasteiger partial charge in [-0.2, -0.15) is 0 Å². The fourth-order valence-corrected chi connectivity index (χ4v) is 3.66. The summed E-state index contributed by atoms with van der Waals surface area (Å²) >= 11 is 0. The van der Waals surface area contributed by atoms with Gasteiger partial charge in [-0.15, -0.1) is 0 Å². The van der Waals surface area contributed by atoms with Crippen molar-refractivity contribution in [2.45, 2.75) is 110 Å². The van der Waals surface area contributed by atoms with Gasteiger partial charge in [-0.25, -0.2) is 0 Å². The number of aldehydes is 1. The standard InChI is InChI=1S/C18H38O2Si/c1-7-8-9-10-11-12-13-14-17(15-16-19)20-21(5,6)18(2,3)4/h16-17H,7-15H2,1-6H3/t17-/m0/s1. The van der Waals surface area contributed by atoms with E-state index in [1.54, 1.807) is 0 Å². The number of unbranched alkanes of at least 4 members (excludes halogenated alkanes) is 6. The molecule has 0 aliphatic rings. The molecule has 0 fully saturated rings. The van der Waals surface area contributed by atoms with Crippen LogP contribution in [0.25, 0.3) is 0 Å². The normalized spacial score (nSPS) is 14.2. The minimum Gasteiger partial charge on any atom is -0.414 e. The van der Waals surface area contributed by atoms with E-state index in [2.05, 4.69) is 40.8 Å². The molecule has 0 amide bonds. The maximum Gasteiger partial charge on any atom is 0.192 e. The van der Waals surface area contributed by atoms with E-state index in [9.17, 15) is 4.79 Å². The first-order valence-corrected chi connectivity index (χ1v) is 11.8. The first-order valence-electron chi connectivity index (χ1n) is 8.86. The molecule has 0 rings (SSSR count). The van der Waals surface area contributed by atoms with Crippen LogP contribution in [0, 0.1) is 0 Å². The quantitative estimate of drug-likeness (QED) is 0.247. The Morgan fingerprint density at radius 3 is 2.00 bits per heavy atom. The minimum absolute atomic E-state index is 0.138. The first-order chi connectivity index (χ1) is 9.74. The molecule has 2 nitrogen and oxygen atoms in total. The van der Waals surface area contributed by atoms with Crippen LogP contribution in [0.15, 0.2) is 0 Å². The van der Waals surface area contributed by atoms with Gasteiger partial charge in [-0.3, -0.25) is 0 Å². The monoisotopic (exact) mass is 314 g/mol. The lowest BCUT2D eigenvalue weighted by atomic mass is 10.1. The molecule has 0 aromatic carbocycles. The smallest absolute Gasteiger partial charge is 0.192 e. The lowest BCUT2D eigenvalue weighted by Gasteiger charge is -2.39. The van der Waals surface area contributed by atoms with Crippen LogP contribution in [0.2, 0.25) is 18.1 Å². The Balaban J connectivity index is 4.06. The van der Waals surface area contributed by atoms with Gasteiger partial charge in [0.05, 0.1) is 6.10 Å². The Hall–Kier alpha value is -0.153. The molecule has 126 valence electrons. The Labute approximate surface area is 134 Å². The molecular formula is C18H38O2Si. The molecule has 0 radical (unpaired) electrons. The molecule has 0 heterocycles. The lowest BCUT2D eigenvalue weighted by Crippen LogP contribution is -2.44. The van der Waals surface area contributed by atoms with E-state index in [4.69, 9.17) is 4.43 Å². The second kappa shape index (κ2) is 10.6. The Kier molecular flexibility index (Phi) is 10.5. The number of carbonyl (C=O) groups excluding carboxylic acids is 1. The Morgan fingerprint density at radius 1 is 1.00 bits per heavy atom. The summed E-state index contributed by atoms with van der Waals surface area (Å²) in [4.78, 5) is 10.9. The molecule has 0 aliphatic carbocycles. The molecule has 0 unspecified atom stereocenters. The van der Waals surface area contributed by atoms with Gasteiger partial charge in [-0.05, 0) is 24.6 Å². The summed E-state index contributed by atoms with van der Waals surface area (Å²) in [6.45, 7) is 13.6. The van der Waals surface area contributed by atoms with Crippen molar-refractivity contribution in [2.24, 2.45) is 0 Å². The fourth-order valence-electron chi connectivity index (χ4n) is 2.25. The summed E-state index contributed by atoms with van der Waals surface area (Å²) in [5.41, 5.74) is 0. The van der Waals surface area contributed by atoms with Gasteiger partial charge in [0.2, 0.25) is 0 Å². The predicted octanol–water partition coefficient (Wildman–Crippen LogP) is 6.11. The van der Waals surface area contributed by atoms with E-state index in [1.807, 2.05) is 0 Å². The maximum absolute atomic E-state index is 10.9. The highest BCUT2D eigenvalue weighted by Gasteiger charge is 2.38. The number of hydrogen-bond acceptors (Lipinski definition) is 2. The lowest BCUT2D eigenvalue weighted by molar-refractivity contribution is -0.109. The highest BCUT2D eigenvalue weighted by atomic mass is 28.4. The van der Waals surface area contributed by atoms with Crippen LogP contribution in [0.3, 0.4) is 0 Å². The summed E-state index contributed by atoms with van der Waals surface area (Å²) in [5, 5.41) is 0.217. The van der Waals surface area contributed by atoms with Crippen LogP contribution in [0.1, 0.15) is 85.5 Å². The van der Waals surface area contributed by atoms with Crippen molar-refractivity contribution in [3.05, 3.63) is 0 Å². The molecule has 0 saturated carbocycles. The summed E-state index contributed by atoms with van der Waals surface area (Å²) in [6.07, 6.45) is 12.0. The summed E-state index contributed by atoms with van der Waals surface area (Å²) < 4.78 is 6.40. The van der Waals surface area contributed by atoms with E-state index in [-0.39, 0.29) is 11.1 Å². The van der Waals surface area contributed by atoms with Crippen molar-refractivity contribution < 1.29 is 9.22 Å². The van der Waals surface area contributed by atoms with E-state index in [0.717, 1.165) is 12.7 Å². The zero-order chi connectivity index (χ0) is 16.4.